The molecule has 0 aliphatic carbocycles. The summed E-state index contributed by atoms with van der Waals surface area (Å²) in [5, 5.41) is 1.06. The van der Waals surface area contributed by atoms with Crippen LogP contribution in [0, 0.1) is 5.92 Å². The molecule has 2 aromatic rings. The van der Waals surface area contributed by atoms with E-state index in [1.165, 1.54) is 0 Å². The van der Waals surface area contributed by atoms with Crippen molar-refractivity contribution < 1.29 is 14.3 Å². The van der Waals surface area contributed by atoms with Crippen LogP contribution in [0.1, 0.15) is 39.3 Å². The molecule has 2 aromatic heterocycles. The number of pyridine rings is 2. The minimum Gasteiger partial charge on any atom is -0.444 e. The number of ether oxygens (including phenoxy) is 2. The summed E-state index contributed by atoms with van der Waals surface area (Å²) < 4.78 is 11.3. The van der Waals surface area contributed by atoms with Gasteiger partial charge in [-0.05, 0) is 64.3 Å². The third kappa shape index (κ3) is 5.89. The largest absolute Gasteiger partial charge is 0.444 e. The highest BCUT2D eigenvalue weighted by Gasteiger charge is 2.29. The summed E-state index contributed by atoms with van der Waals surface area (Å²) >= 11 is 0. The van der Waals surface area contributed by atoms with Crippen molar-refractivity contribution in [1.82, 2.24) is 14.9 Å². The molecule has 1 amide bonds. The molecule has 1 aliphatic rings. The van der Waals surface area contributed by atoms with Crippen LogP contribution in [0.15, 0.2) is 30.5 Å². The van der Waals surface area contributed by atoms with Gasteiger partial charge in [0.15, 0.2) is 5.65 Å². The van der Waals surface area contributed by atoms with Crippen LogP contribution < -0.4 is 0 Å². The number of hydrogen-bond acceptors (Lipinski definition) is 5. The van der Waals surface area contributed by atoms with E-state index in [2.05, 4.69) is 22.1 Å². The highest BCUT2D eigenvalue weighted by molar-refractivity contribution is 5.74. The molecule has 146 valence electrons. The van der Waals surface area contributed by atoms with Crippen LogP contribution in [0.25, 0.3) is 11.0 Å². The van der Waals surface area contributed by atoms with Crippen LogP contribution in [0.5, 0.6) is 0 Å². The molecule has 1 fully saturated rings. The number of rotatable bonds is 6. The number of nitrogens with zero attached hydrogens (tertiary/aromatic N) is 3. The van der Waals surface area contributed by atoms with E-state index in [-0.39, 0.29) is 6.09 Å². The second-order valence-corrected chi connectivity index (χ2v) is 8.11. The molecule has 0 saturated carbocycles. The zero-order chi connectivity index (χ0) is 19.3. The molecule has 0 spiro atoms. The first-order chi connectivity index (χ1) is 12.9. The van der Waals surface area contributed by atoms with Crippen LogP contribution in [-0.2, 0) is 15.9 Å². The predicted molar refractivity (Wildman–Crippen MR) is 105 cm³/mol. The number of likely N-dealkylation sites (tertiary alicyclic amines) is 1. The first-order valence-corrected chi connectivity index (χ1v) is 9.67. The lowest BCUT2D eigenvalue weighted by Gasteiger charge is -2.24. The van der Waals surface area contributed by atoms with E-state index in [4.69, 9.17) is 9.47 Å². The zero-order valence-electron chi connectivity index (χ0n) is 16.5. The molecule has 1 atom stereocenters. The number of aryl methyl sites for hydroxylation is 1. The summed E-state index contributed by atoms with van der Waals surface area (Å²) in [7, 11) is 0. The molecule has 3 heterocycles. The maximum absolute atomic E-state index is 12.1. The Hall–Kier alpha value is -2.21. The fourth-order valence-corrected chi connectivity index (χ4v) is 3.20. The average Bonchev–Trinajstić information content (AvgIpc) is 3.09. The summed E-state index contributed by atoms with van der Waals surface area (Å²) in [5.41, 5.74) is 1.39. The summed E-state index contributed by atoms with van der Waals surface area (Å²) in [6.45, 7) is 8.52. The van der Waals surface area contributed by atoms with Gasteiger partial charge in [0.05, 0.1) is 6.61 Å². The molecular formula is C21H29N3O3. The number of amides is 1. The van der Waals surface area contributed by atoms with Crippen molar-refractivity contribution in [2.75, 3.05) is 26.3 Å². The second-order valence-electron chi connectivity index (χ2n) is 8.11. The van der Waals surface area contributed by atoms with Gasteiger partial charge >= 0.3 is 6.09 Å². The molecule has 27 heavy (non-hydrogen) atoms. The quantitative estimate of drug-likeness (QED) is 0.722. The Labute approximate surface area is 160 Å². The molecular weight excluding hydrogens is 342 g/mol. The van der Waals surface area contributed by atoms with Gasteiger partial charge in [-0.25, -0.2) is 14.8 Å². The Bertz CT molecular complexity index is 773. The fraction of sp³-hybridized carbons (Fsp3) is 0.571. The van der Waals surface area contributed by atoms with Gasteiger partial charge in [0.25, 0.3) is 0 Å². The van der Waals surface area contributed by atoms with E-state index in [0.29, 0.717) is 25.7 Å². The van der Waals surface area contributed by atoms with E-state index < -0.39 is 5.60 Å². The monoisotopic (exact) mass is 371 g/mol. The normalized spacial score (nSPS) is 17.4. The van der Waals surface area contributed by atoms with E-state index >= 15 is 0 Å². The van der Waals surface area contributed by atoms with Crippen molar-refractivity contribution in [3.05, 3.63) is 36.2 Å². The van der Waals surface area contributed by atoms with Gasteiger partial charge in [0.2, 0.25) is 0 Å². The van der Waals surface area contributed by atoms with Crippen molar-refractivity contribution in [3.8, 4) is 0 Å². The standard InChI is InChI=1S/C21H29N3O3/c1-21(2,3)27-20(25)24-12-10-16(14-24)15-26-13-5-7-18-9-8-17-6-4-11-22-19(17)23-18/h4,6,8-9,11,16H,5,7,10,12-15H2,1-3H3/t16-/m1/s1. The highest BCUT2D eigenvalue weighted by Crippen LogP contribution is 2.20. The molecule has 6 nitrogen and oxygen atoms in total. The van der Waals surface area contributed by atoms with Gasteiger partial charge in [-0.15, -0.1) is 0 Å². The number of hydrogen-bond donors (Lipinski definition) is 0. The van der Waals surface area contributed by atoms with Gasteiger partial charge in [-0.3, -0.25) is 0 Å². The highest BCUT2D eigenvalue weighted by atomic mass is 16.6. The molecule has 6 heteroatoms. The average molecular weight is 371 g/mol. The van der Waals surface area contributed by atoms with Crippen LogP contribution in [0.3, 0.4) is 0 Å². The van der Waals surface area contributed by atoms with E-state index in [1.807, 2.05) is 32.9 Å². The second kappa shape index (κ2) is 8.65. The van der Waals surface area contributed by atoms with Crippen LogP contribution >= 0.6 is 0 Å². The van der Waals surface area contributed by atoms with Crippen molar-refractivity contribution in [3.63, 3.8) is 0 Å². The van der Waals surface area contributed by atoms with Gasteiger partial charge in [0.1, 0.15) is 5.60 Å². The Morgan fingerprint density at radius 2 is 2.15 bits per heavy atom. The zero-order valence-corrected chi connectivity index (χ0v) is 16.5. The Kier molecular flexibility index (Phi) is 6.26. The minimum absolute atomic E-state index is 0.221. The summed E-state index contributed by atoms with van der Waals surface area (Å²) in [4.78, 5) is 22.7. The lowest BCUT2D eigenvalue weighted by molar-refractivity contribution is 0.0274. The molecule has 0 N–H and O–H groups in total. The maximum atomic E-state index is 12.1. The number of carbonyl (C=O) groups excluding carboxylic acids is 1. The Balaban J connectivity index is 1.34. The Morgan fingerprint density at radius 1 is 1.30 bits per heavy atom. The number of carbonyl (C=O) groups is 1. The first-order valence-electron chi connectivity index (χ1n) is 9.67. The van der Waals surface area contributed by atoms with Crippen molar-refractivity contribution >= 4 is 17.1 Å². The van der Waals surface area contributed by atoms with Crippen LogP contribution in [0.2, 0.25) is 0 Å². The predicted octanol–water partition coefficient (Wildman–Crippen LogP) is 3.84. The molecule has 0 unspecified atom stereocenters. The Morgan fingerprint density at radius 3 is 2.96 bits per heavy atom. The summed E-state index contributed by atoms with van der Waals surface area (Å²) in [6.07, 6.45) is 4.32. The fourth-order valence-electron chi connectivity index (χ4n) is 3.20. The lowest BCUT2D eigenvalue weighted by atomic mass is 10.1. The van der Waals surface area contributed by atoms with Crippen molar-refractivity contribution in [2.24, 2.45) is 5.92 Å². The van der Waals surface area contributed by atoms with E-state index in [0.717, 1.165) is 42.5 Å². The number of aromatic nitrogens is 2. The molecule has 3 rings (SSSR count). The smallest absolute Gasteiger partial charge is 0.410 e. The van der Waals surface area contributed by atoms with Crippen LogP contribution in [-0.4, -0.2) is 52.9 Å². The minimum atomic E-state index is -0.446. The van der Waals surface area contributed by atoms with Crippen molar-refractivity contribution in [1.29, 1.82) is 0 Å². The van der Waals surface area contributed by atoms with Gasteiger partial charge in [-0.2, -0.15) is 0 Å². The van der Waals surface area contributed by atoms with Gasteiger partial charge < -0.3 is 14.4 Å². The molecule has 0 radical (unpaired) electrons. The third-order valence-corrected chi connectivity index (χ3v) is 4.53. The molecule has 1 aliphatic heterocycles. The first kappa shape index (κ1) is 19.5. The third-order valence-electron chi connectivity index (χ3n) is 4.53. The maximum Gasteiger partial charge on any atom is 0.410 e. The van der Waals surface area contributed by atoms with Crippen molar-refractivity contribution in [2.45, 2.75) is 45.6 Å². The SMILES string of the molecule is CC(C)(C)OC(=O)N1CC[C@@H](COCCCc2ccc3cccnc3n2)C1. The van der Waals surface area contributed by atoms with E-state index in [1.54, 1.807) is 11.1 Å². The molecule has 1 saturated heterocycles. The molecule has 0 bridgehead atoms. The molecule has 0 aromatic carbocycles. The van der Waals surface area contributed by atoms with E-state index in [9.17, 15) is 4.79 Å². The topological polar surface area (TPSA) is 64.5 Å². The number of fused-ring (bicyclic) bond motifs is 1. The summed E-state index contributed by atoms with van der Waals surface area (Å²) in [6, 6.07) is 8.06. The lowest BCUT2D eigenvalue weighted by Crippen LogP contribution is -2.35. The van der Waals surface area contributed by atoms with Gasteiger partial charge in [0, 0.05) is 42.9 Å². The van der Waals surface area contributed by atoms with Gasteiger partial charge in [-0.1, -0.05) is 0 Å². The van der Waals surface area contributed by atoms with Crippen LogP contribution in [0.4, 0.5) is 4.79 Å². The summed E-state index contributed by atoms with van der Waals surface area (Å²) in [5.74, 6) is 0.389.